The lowest BCUT2D eigenvalue weighted by Gasteiger charge is -2.33. The number of carbonyl (C=O) groups is 1. The van der Waals surface area contributed by atoms with Crippen LogP contribution >= 0.6 is 0 Å². The number of anilines is 1. The summed E-state index contributed by atoms with van der Waals surface area (Å²) in [4.78, 5) is 20.8. The predicted octanol–water partition coefficient (Wildman–Crippen LogP) is 3.21. The summed E-state index contributed by atoms with van der Waals surface area (Å²) in [6.07, 6.45) is 0. The third kappa shape index (κ3) is 4.68. The molecular weight excluding hydrogens is 370 g/mol. The van der Waals surface area contributed by atoms with Crippen molar-refractivity contribution in [3.8, 4) is 5.75 Å². The van der Waals surface area contributed by atoms with E-state index in [-0.39, 0.29) is 5.97 Å². The number of para-hydroxylation sites is 2. The SMILES string of the molecule is CCOC(=O)c1ccc(OCCN2CCN(c3nc4ccccc4o3)CC2)cc1. The van der Waals surface area contributed by atoms with Gasteiger partial charge in [-0.2, -0.15) is 4.98 Å². The lowest BCUT2D eigenvalue weighted by molar-refractivity contribution is 0.0526. The van der Waals surface area contributed by atoms with E-state index in [0.717, 1.165) is 49.6 Å². The Morgan fingerprint density at radius 3 is 2.55 bits per heavy atom. The van der Waals surface area contributed by atoms with Crippen LogP contribution in [0.4, 0.5) is 6.01 Å². The summed E-state index contributed by atoms with van der Waals surface area (Å²) in [5.41, 5.74) is 2.26. The smallest absolute Gasteiger partial charge is 0.338 e. The van der Waals surface area contributed by atoms with Crippen LogP contribution in [0, 0.1) is 0 Å². The number of piperazine rings is 1. The molecule has 2 heterocycles. The van der Waals surface area contributed by atoms with Crippen LogP contribution in [-0.4, -0.2) is 61.8 Å². The van der Waals surface area contributed by atoms with Crippen molar-refractivity contribution in [2.45, 2.75) is 6.92 Å². The lowest BCUT2D eigenvalue weighted by Crippen LogP contribution is -2.47. The number of oxazole rings is 1. The van der Waals surface area contributed by atoms with Crippen molar-refractivity contribution in [2.24, 2.45) is 0 Å². The van der Waals surface area contributed by atoms with Crippen LogP contribution in [-0.2, 0) is 4.74 Å². The molecule has 1 saturated heterocycles. The molecule has 4 rings (SSSR count). The van der Waals surface area contributed by atoms with Gasteiger partial charge in [0.1, 0.15) is 17.9 Å². The highest BCUT2D eigenvalue weighted by Crippen LogP contribution is 2.22. The number of fused-ring (bicyclic) bond motifs is 1. The van der Waals surface area contributed by atoms with Crippen LogP contribution in [0.5, 0.6) is 5.75 Å². The van der Waals surface area contributed by atoms with Gasteiger partial charge in [0.05, 0.1) is 12.2 Å². The third-order valence-corrected chi connectivity index (χ3v) is 4.97. The van der Waals surface area contributed by atoms with E-state index < -0.39 is 0 Å². The highest BCUT2D eigenvalue weighted by Gasteiger charge is 2.20. The molecular formula is C22H25N3O4. The molecule has 7 nitrogen and oxygen atoms in total. The molecule has 1 fully saturated rings. The number of ether oxygens (including phenoxy) is 2. The fourth-order valence-electron chi connectivity index (χ4n) is 3.35. The zero-order chi connectivity index (χ0) is 20.1. The van der Waals surface area contributed by atoms with Crippen molar-refractivity contribution >= 4 is 23.1 Å². The van der Waals surface area contributed by atoms with Gasteiger partial charge in [0, 0.05) is 32.7 Å². The Morgan fingerprint density at radius 1 is 1.07 bits per heavy atom. The van der Waals surface area contributed by atoms with Crippen LogP contribution in [0.1, 0.15) is 17.3 Å². The van der Waals surface area contributed by atoms with Gasteiger partial charge in [0.15, 0.2) is 5.58 Å². The van der Waals surface area contributed by atoms with Crippen LogP contribution in [0.15, 0.2) is 52.9 Å². The van der Waals surface area contributed by atoms with E-state index in [2.05, 4.69) is 14.8 Å². The summed E-state index contributed by atoms with van der Waals surface area (Å²) >= 11 is 0. The molecule has 7 heteroatoms. The van der Waals surface area contributed by atoms with Gasteiger partial charge >= 0.3 is 5.97 Å². The van der Waals surface area contributed by atoms with E-state index in [9.17, 15) is 4.79 Å². The first-order valence-electron chi connectivity index (χ1n) is 9.96. The number of benzene rings is 2. The Morgan fingerprint density at radius 2 is 1.83 bits per heavy atom. The monoisotopic (exact) mass is 395 g/mol. The van der Waals surface area contributed by atoms with E-state index in [1.807, 2.05) is 24.3 Å². The molecule has 152 valence electrons. The van der Waals surface area contributed by atoms with Crippen LogP contribution in [0.3, 0.4) is 0 Å². The number of aromatic nitrogens is 1. The van der Waals surface area contributed by atoms with E-state index in [4.69, 9.17) is 13.9 Å². The molecule has 0 bridgehead atoms. The van der Waals surface area contributed by atoms with Gasteiger partial charge in [-0.3, -0.25) is 4.90 Å². The summed E-state index contributed by atoms with van der Waals surface area (Å²) in [6.45, 7) is 7.23. The van der Waals surface area contributed by atoms with Crippen molar-refractivity contribution in [1.82, 2.24) is 9.88 Å². The lowest BCUT2D eigenvalue weighted by atomic mass is 10.2. The minimum Gasteiger partial charge on any atom is -0.492 e. The highest BCUT2D eigenvalue weighted by atomic mass is 16.5. The van der Waals surface area contributed by atoms with E-state index in [1.54, 1.807) is 31.2 Å². The fourth-order valence-corrected chi connectivity index (χ4v) is 3.35. The van der Waals surface area contributed by atoms with Crippen LogP contribution < -0.4 is 9.64 Å². The molecule has 0 aliphatic carbocycles. The molecule has 3 aromatic rings. The first-order valence-corrected chi connectivity index (χ1v) is 9.96. The van der Waals surface area contributed by atoms with Crippen molar-refractivity contribution in [3.63, 3.8) is 0 Å². The van der Waals surface area contributed by atoms with E-state index in [0.29, 0.717) is 24.8 Å². The van der Waals surface area contributed by atoms with E-state index >= 15 is 0 Å². The number of rotatable bonds is 7. The zero-order valence-corrected chi connectivity index (χ0v) is 16.5. The largest absolute Gasteiger partial charge is 0.492 e. The second-order valence-corrected chi connectivity index (χ2v) is 6.89. The quantitative estimate of drug-likeness (QED) is 0.569. The molecule has 1 aliphatic heterocycles. The fraction of sp³-hybridized carbons (Fsp3) is 0.364. The van der Waals surface area contributed by atoms with Crippen LogP contribution in [0.25, 0.3) is 11.1 Å². The average Bonchev–Trinajstić information content (AvgIpc) is 3.19. The molecule has 2 aromatic carbocycles. The van der Waals surface area contributed by atoms with Gasteiger partial charge in [0.25, 0.3) is 6.01 Å². The first kappa shape index (κ1) is 19.3. The highest BCUT2D eigenvalue weighted by molar-refractivity contribution is 5.89. The molecule has 0 amide bonds. The first-order chi connectivity index (χ1) is 14.2. The summed E-state index contributed by atoms with van der Waals surface area (Å²) in [5, 5.41) is 0. The summed E-state index contributed by atoms with van der Waals surface area (Å²) < 4.78 is 16.7. The second kappa shape index (κ2) is 8.96. The number of hydrogen-bond donors (Lipinski definition) is 0. The topological polar surface area (TPSA) is 68.0 Å². The standard InChI is InChI=1S/C22H25N3O4/c1-2-27-21(26)17-7-9-18(10-8-17)28-16-15-24-11-13-25(14-12-24)22-23-19-5-3-4-6-20(19)29-22/h3-10H,2,11-16H2,1H3. The Labute approximate surface area is 169 Å². The van der Waals surface area contributed by atoms with Crippen molar-refractivity contribution in [3.05, 3.63) is 54.1 Å². The number of nitrogens with zero attached hydrogens (tertiary/aromatic N) is 3. The molecule has 0 saturated carbocycles. The second-order valence-electron chi connectivity index (χ2n) is 6.89. The maximum atomic E-state index is 11.7. The van der Waals surface area contributed by atoms with Gasteiger partial charge in [-0.05, 0) is 43.3 Å². The predicted molar refractivity (Wildman–Crippen MR) is 111 cm³/mol. The zero-order valence-electron chi connectivity index (χ0n) is 16.5. The van der Waals surface area contributed by atoms with Gasteiger partial charge < -0.3 is 18.8 Å². The number of esters is 1. The normalized spacial score (nSPS) is 14.9. The Kier molecular flexibility index (Phi) is 5.95. The minimum absolute atomic E-state index is 0.309. The Bertz CT molecular complexity index is 913. The van der Waals surface area contributed by atoms with Gasteiger partial charge in [-0.1, -0.05) is 12.1 Å². The van der Waals surface area contributed by atoms with Gasteiger partial charge in [-0.15, -0.1) is 0 Å². The van der Waals surface area contributed by atoms with E-state index in [1.165, 1.54) is 0 Å². The molecule has 0 unspecified atom stereocenters. The maximum absolute atomic E-state index is 11.7. The van der Waals surface area contributed by atoms with Gasteiger partial charge in [0.2, 0.25) is 0 Å². The van der Waals surface area contributed by atoms with Crippen molar-refractivity contribution < 1.29 is 18.7 Å². The molecule has 0 N–H and O–H groups in total. The number of carbonyl (C=O) groups excluding carboxylic acids is 1. The maximum Gasteiger partial charge on any atom is 0.338 e. The molecule has 29 heavy (non-hydrogen) atoms. The molecule has 1 aliphatic rings. The molecule has 1 aromatic heterocycles. The van der Waals surface area contributed by atoms with Crippen LogP contribution in [0.2, 0.25) is 0 Å². The Balaban J connectivity index is 1.21. The summed E-state index contributed by atoms with van der Waals surface area (Å²) in [7, 11) is 0. The van der Waals surface area contributed by atoms with Gasteiger partial charge in [-0.25, -0.2) is 4.79 Å². The number of hydrogen-bond acceptors (Lipinski definition) is 7. The summed E-state index contributed by atoms with van der Waals surface area (Å²) in [5.74, 6) is 0.444. The van der Waals surface area contributed by atoms with Crippen molar-refractivity contribution in [2.75, 3.05) is 50.8 Å². The third-order valence-electron chi connectivity index (χ3n) is 4.97. The minimum atomic E-state index is -0.309. The molecule has 0 atom stereocenters. The average molecular weight is 395 g/mol. The summed E-state index contributed by atoms with van der Waals surface area (Å²) in [6, 6.07) is 15.6. The van der Waals surface area contributed by atoms with Crippen molar-refractivity contribution in [1.29, 1.82) is 0 Å². The molecule has 0 spiro atoms. The Hall–Kier alpha value is -3.06. The molecule has 0 radical (unpaired) electrons.